The van der Waals surface area contributed by atoms with Crippen LogP contribution in [0.1, 0.15) is 23.8 Å². The third kappa shape index (κ3) is 2.26. The fourth-order valence-corrected chi connectivity index (χ4v) is 1.68. The Morgan fingerprint density at radius 2 is 1.56 bits per heavy atom. The molecule has 0 saturated carbocycles. The second-order valence-electron chi connectivity index (χ2n) is 4.12. The minimum absolute atomic E-state index is 0.280. The molecule has 0 aliphatic heterocycles. The Bertz CT molecular complexity index is 510. The third-order valence-electron chi connectivity index (χ3n) is 2.78. The number of hydrogen-bond acceptors (Lipinski definition) is 2. The van der Waals surface area contributed by atoms with Crippen LogP contribution in [0.15, 0.2) is 47.1 Å². The molecule has 0 saturated heterocycles. The highest BCUT2D eigenvalue weighted by atomic mass is 19.4. The summed E-state index contributed by atoms with van der Waals surface area (Å²) in [6, 6.07) is 7.53. The van der Waals surface area contributed by atoms with Crippen LogP contribution >= 0.6 is 0 Å². The zero-order valence-corrected chi connectivity index (χ0v) is 9.53. The van der Waals surface area contributed by atoms with Crippen molar-refractivity contribution in [3.05, 3.63) is 59.5 Å². The van der Waals surface area contributed by atoms with E-state index in [1.54, 1.807) is 12.1 Å². The van der Waals surface area contributed by atoms with Gasteiger partial charge in [-0.3, -0.25) is 0 Å². The summed E-state index contributed by atoms with van der Waals surface area (Å²) < 4.78 is 42.3. The van der Waals surface area contributed by atoms with Gasteiger partial charge < -0.3 is 9.52 Å². The van der Waals surface area contributed by atoms with E-state index in [1.807, 2.05) is 0 Å². The topological polar surface area (TPSA) is 33.4 Å². The quantitative estimate of drug-likeness (QED) is 0.891. The minimum Gasteiger partial charge on any atom is -0.466 e. The first-order chi connectivity index (χ1) is 8.32. The molecule has 0 aliphatic rings. The maximum absolute atomic E-state index is 12.4. The molecule has 2 rings (SSSR count). The fraction of sp³-hybridized carbons (Fsp3) is 0.231. The second-order valence-corrected chi connectivity index (χ2v) is 4.12. The number of hydrogen-bond donors (Lipinski definition) is 1. The Hall–Kier alpha value is -1.75. The van der Waals surface area contributed by atoms with Crippen molar-refractivity contribution in [1.29, 1.82) is 0 Å². The summed E-state index contributed by atoms with van der Waals surface area (Å²) in [5, 5.41) is 10.3. The maximum Gasteiger partial charge on any atom is 0.416 e. The van der Waals surface area contributed by atoms with Crippen LogP contribution in [0.5, 0.6) is 0 Å². The van der Waals surface area contributed by atoms with Gasteiger partial charge in [-0.2, -0.15) is 13.2 Å². The zero-order chi connectivity index (χ0) is 13.4. The molecule has 96 valence electrons. The second kappa shape index (κ2) is 4.17. The van der Waals surface area contributed by atoms with Crippen molar-refractivity contribution in [2.75, 3.05) is 0 Å². The van der Waals surface area contributed by atoms with E-state index in [-0.39, 0.29) is 5.76 Å². The van der Waals surface area contributed by atoms with Gasteiger partial charge in [0.15, 0.2) is 0 Å². The van der Waals surface area contributed by atoms with E-state index in [1.165, 1.54) is 25.3 Å². The van der Waals surface area contributed by atoms with E-state index in [9.17, 15) is 18.3 Å². The molecule has 0 aliphatic carbocycles. The van der Waals surface area contributed by atoms with Crippen molar-refractivity contribution in [3.8, 4) is 0 Å². The Morgan fingerprint density at radius 3 is 2.00 bits per heavy atom. The highest BCUT2D eigenvalue weighted by Gasteiger charge is 2.32. The van der Waals surface area contributed by atoms with Gasteiger partial charge in [0.1, 0.15) is 11.4 Å². The number of furan rings is 1. The summed E-state index contributed by atoms with van der Waals surface area (Å²) in [5.74, 6) is 0.280. The molecular weight excluding hydrogens is 245 g/mol. The van der Waals surface area contributed by atoms with E-state index in [0.717, 1.165) is 12.1 Å². The number of benzene rings is 1. The maximum atomic E-state index is 12.4. The monoisotopic (exact) mass is 256 g/mol. The van der Waals surface area contributed by atoms with Gasteiger partial charge in [-0.25, -0.2) is 0 Å². The van der Waals surface area contributed by atoms with E-state index < -0.39 is 17.3 Å². The van der Waals surface area contributed by atoms with Crippen LogP contribution in [-0.2, 0) is 11.8 Å². The van der Waals surface area contributed by atoms with Gasteiger partial charge in [0.2, 0.25) is 0 Å². The SMILES string of the molecule is C[C@@](O)(c1ccc(C(F)(F)F)cc1)c1ccco1. The summed E-state index contributed by atoms with van der Waals surface area (Å²) >= 11 is 0. The molecule has 0 amide bonds. The zero-order valence-electron chi connectivity index (χ0n) is 9.53. The lowest BCUT2D eigenvalue weighted by Crippen LogP contribution is -2.22. The molecule has 0 bridgehead atoms. The standard InChI is InChI=1S/C13H11F3O2/c1-12(17,11-3-2-8-18-11)9-4-6-10(7-5-9)13(14,15)16/h2-8,17H,1H3/t12-/m1/s1. The lowest BCUT2D eigenvalue weighted by molar-refractivity contribution is -0.137. The lowest BCUT2D eigenvalue weighted by atomic mass is 9.92. The molecule has 18 heavy (non-hydrogen) atoms. The van der Waals surface area contributed by atoms with Crippen molar-refractivity contribution in [3.63, 3.8) is 0 Å². The molecule has 1 N–H and O–H groups in total. The van der Waals surface area contributed by atoms with Gasteiger partial charge in [-0.05, 0) is 36.8 Å². The molecule has 0 fully saturated rings. The molecule has 2 nitrogen and oxygen atoms in total. The molecule has 5 heteroatoms. The van der Waals surface area contributed by atoms with Gasteiger partial charge in [0.25, 0.3) is 0 Å². The average Bonchev–Trinajstić information content (AvgIpc) is 2.82. The molecule has 0 radical (unpaired) electrons. The predicted molar refractivity (Wildman–Crippen MR) is 58.8 cm³/mol. The largest absolute Gasteiger partial charge is 0.466 e. The molecule has 0 unspecified atom stereocenters. The van der Waals surface area contributed by atoms with Crippen molar-refractivity contribution in [2.45, 2.75) is 18.7 Å². The van der Waals surface area contributed by atoms with E-state index in [4.69, 9.17) is 4.42 Å². The molecule has 1 aromatic carbocycles. The van der Waals surface area contributed by atoms with Gasteiger partial charge >= 0.3 is 6.18 Å². The van der Waals surface area contributed by atoms with E-state index >= 15 is 0 Å². The highest BCUT2D eigenvalue weighted by Crippen LogP contribution is 2.33. The van der Waals surface area contributed by atoms with Gasteiger partial charge in [0, 0.05) is 0 Å². The normalized spacial score (nSPS) is 15.4. The van der Waals surface area contributed by atoms with Crippen molar-refractivity contribution < 1.29 is 22.7 Å². The van der Waals surface area contributed by atoms with Crippen molar-refractivity contribution in [1.82, 2.24) is 0 Å². The molecule has 1 heterocycles. The van der Waals surface area contributed by atoms with Crippen LogP contribution in [0, 0.1) is 0 Å². The number of alkyl halides is 3. The summed E-state index contributed by atoms with van der Waals surface area (Å²) in [6.45, 7) is 1.47. The first-order valence-corrected chi connectivity index (χ1v) is 5.26. The predicted octanol–water partition coefficient (Wildman–Crippen LogP) is 3.55. The van der Waals surface area contributed by atoms with Crippen LogP contribution in [0.3, 0.4) is 0 Å². The molecule has 1 atom stereocenters. The number of halogens is 3. The van der Waals surface area contributed by atoms with Gasteiger partial charge in [-0.15, -0.1) is 0 Å². The lowest BCUT2D eigenvalue weighted by Gasteiger charge is -2.21. The Balaban J connectivity index is 2.36. The third-order valence-corrected chi connectivity index (χ3v) is 2.78. The Labute approximate surface area is 102 Å². The summed E-state index contributed by atoms with van der Waals surface area (Å²) in [4.78, 5) is 0. The summed E-state index contributed by atoms with van der Waals surface area (Å²) in [7, 11) is 0. The molecule has 0 spiro atoms. The molecular formula is C13H11F3O2. The average molecular weight is 256 g/mol. The fourth-order valence-electron chi connectivity index (χ4n) is 1.68. The molecule has 1 aromatic heterocycles. The Kier molecular flexibility index (Phi) is 2.94. The summed E-state index contributed by atoms with van der Waals surface area (Å²) in [5.41, 5.74) is -1.86. The van der Waals surface area contributed by atoms with Crippen LogP contribution in [-0.4, -0.2) is 5.11 Å². The number of aliphatic hydroxyl groups is 1. The number of rotatable bonds is 2. The van der Waals surface area contributed by atoms with Crippen molar-refractivity contribution >= 4 is 0 Å². The molecule has 2 aromatic rings. The van der Waals surface area contributed by atoms with Crippen LogP contribution in [0.4, 0.5) is 13.2 Å². The van der Waals surface area contributed by atoms with Crippen molar-refractivity contribution in [2.24, 2.45) is 0 Å². The first-order valence-electron chi connectivity index (χ1n) is 5.26. The smallest absolute Gasteiger partial charge is 0.416 e. The van der Waals surface area contributed by atoms with E-state index in [0.29, 0.717) is 5.56 Å². The Morgan fingerprint density at radius 1 is 1.00 bits per heavy atom. The van der Waals surface area contributed by atoms with Crippen LogP contribution in [0.25, 0.3) is 0 Å². The first kappa shape index (κ1) is 12.7. The van der Waals surface area contributed by atoms with Gasteiger partial charge in [0.05, 0.1) is 11.8 Å². The van der Waals surface area contributed by atoms with Crippen LogP contribution in [0.2, 0.25) is 0 Å². The van der Waals surface area contributed by atoms with Crippen LogP contribution < -0.4 is 0 Å². The van der Waals surface area contributed by atoms with Gasteiger partial charge in [-0.1, -0.05) is 12.1 Å². The van der Waals surface area contributed by atoms with E-state index in [2.05, 4.69) is 0 Å². The highest BCUT2D eigenvalue weighted by molar-refractivity contribution is 5.33. The minimum atomic E-state index is -4.38. The summed E-state index contributed by atoms with van der Waals surface area (Å²) in [6.07, 6.45) is -2.98.